The molecule has 1 aromatic rings. The van der Waals surface area contributed by atoms with Crippen molar-refractivity contribution in [3.05, 3.63) is 35.6 Å². The second-order valence-corrected chi connectivity index (χ2v) is 4.88. The predicted octanol–water partition coefficient (Wildman–Crippen LogP) is 3.27. The summed E-state index contributed by atoms with van der Waals surface area (Å²) in [5.41, 5.74) is 1.31. The molecule has 1 saturated heterocycles. The smallest absolute Gasteiger partial charge is 0.123 e. The summed E-state index contributed by atoms with van der Waals surface area (Å²) in [5.74, 6) is 1.19. The van der Waals surface area contributed by atoms with Crippen molar-refractivity contribution in [2.45, 2.75) is 25.7 Å². The van der Waals surface area contributed by atoms with Crippen LogP contribution in [0.4, 0.5) is 4.39 Å². The number of likely N-dealkylation sites (tertiary alicyclic amines) is 1. The van der Waals surface area contributed by atoms with Crippen LogP contribution in [-0.4, -0.2) is 25.0 Å². The Kier molecular flexibility index (Phi) is 3.59. The van der Waals surface area contributed by atoms with E-state index in [4.69, 9.17) is 0 Å². The maximum Gasteiger partial charge on any atom is 0.123 e. The molecule has 1 aliphatic heterocycles. The van der Waals surface area contributed by atoms with Gasteiger partial charge in [-0.2, -0.15) is 0 Å². The quantitative estimate of drug-likeness (QED) is 0.741. The van der Waals surface area contributed by atoms with Crippen molar-refractivity contribution in [3.63, 3.8) is 0 Å². The van der Waals surface area contributed by atoms with E-state index in [2.05, 4.69) is 18.9 Å². The van der Waals surface area contributed by atoms with Gasteiger partial charge in [-0.15, -0.1) is 0 Å². The molecule has 16 heavy (non-hydrogen) atoms. The molecule has 0 bridgehead atoms. The maximum atomic E-state index is 12.9. The fraction of sp³-hybridized carbons (Fsp3) is 0.571. The van der Waals surface area contributed by atoms with Crippen LogP contribution >= 0.6 is 0 Å². The minimum Gasteiger partial charge on any atom is -0.306 e. The highest BCUT2D eigenvalue weighted by Gasteiger charge is 2.27. The summed E-state index contributed by atoms with van der Waals surface area (Å²) in [6, 6.07) is 7.07. The van der Waals surface area contributed by atoms with Crippen LogP contribution < -0.4 is 0 Å². The average Bonchev–Trinajstić information content (AvgIpc) is 2.30. The van der Waals surface area contributed by atoms with Gasteiger partial charge in [-0.05, 0) is 49.5 Å². The van der Waals surface area contributed by atoms with Gasteiger partial charge in [0, 0.05) is 6.54 Å². The molecule has 1 aliphatic rings. The molecule has 0 N–H and O–H groups in total. The third-order valence-electron chi connectivity index (χ3n) is 3.76. The molecular formula is C14H20FN. The molecule has 1 fully saturated rings. The lowest BCUT2D eigenvalue weighted by Gasteiger charge is -2.36. The Labute approximate surface area is 97.3 Å². The second-order valence-electron chi connectivity index (χ2n) is 4.88. The Morgan fingerprint density at radius 3 is 2.62 bits per heavy atom. The van der Waals surface area contributed by atoms with Crippen molar-refractivity contribution < 1.29 is 4.39 Å². The van der Waals surface area contributed by atoms with E-state index in [1.54, 1.807) is 12.1 Å². The first-order chi connectivity index (χ1) is 7.70. The van der Waals surface area contributed by atoms with E-state index in [1.165, 1.54) is 24.9 Å². The number of rotatable bonds is 2. The van der Waals surface area contributed by atoms with E-state index in [-0.39, 0.29) is 5.82 Å². The average molecular weight is 221 g/mol. The van der Waals surface area contributed by atoms with Crippen molar-refractivity contribution in [3.8, 4) is 0 Å². The van der Waals surface area contributed by atoms with Crippen molar-refractivity contribution in [2.24, 2.45) is 5.92 Å². The fourth-order valence-corrected chi connectivity index (χ4v) is 2.78. The monoisotopic (exact) mass is 221 g/mol. The lowest BCUT2D eigenvalue weighted by Crippen LogP contribution is -2.36. The number of benzene rings is 1. The Hall–Kier alpha value is -0.890. The number of nitrogens with zero attached hydrogens (tertiary/aromatic N) is 1. The summed E-state index contributed by atoms with van der Waals surface area (Å²) < 4.78 is 12.9. The second kappa shape index (κ2) is 4.96. The zero-order valence-corrected chi connectivity index (χ0v) is 10.1. The van der Waals surface area contributed by atoms with Gasteiger partial charge in [-0.25, -0.2) is 4.39 Å². The predicted molar refractivity (Wildman–Crippen MR) is 65.0 cm³/mol. The number of hydrogen-bond acceptors (Lipinski definition) is 1. The van der Waals surface area contributed by atoms with Crippen LogP contribution in [-0.2, 0) is 0 Å². The van der Waals surface area contributed by atoms with Gasteiger partial charge in [0.05, 0.1) is 0 Å². The van der Waals surface area contributed by atoms with Gasteiger partial charge in [-0.1, -0.05) is 25.5 Å². The van der Waals surface area contributed by atoms with E-state index < -0.39 is 0 Å². The first-order valence-electron chi connectivity index (χ1n) is 6.14. The Morgan fingerprint density at radius 2 is 2.00 bits per heavy atom. The van der Waals surface area contributed by atoms with Crippen molar-refractivity contribution in [1.82, 2.24) is 4.90 Å². The number of hydrogen-bond donors (Lipinski definition) is 0. The minimum atomic E-state index is -0.135. The molecule has 0 unspecified atom stereocenters. The van der Waals surface area contributed by atoms with Gasteiger partial charge in [0.2, 0.25) is 0 Å². The highest BCUT2D eigenvalue weighted by Crippen LogP contribution is 2.34. The molecular weight excluding hydrogens is 201 g/mol. The number of piperidine rings is 1. The molecule has 2 atom stereocenters. The van der Waals surface area contributed by atoms with Crippen LogP contribution in [0.3, 0.4) is 0 Å². The lowest BCUT2D eigenvalue weighted by atomic mass is 9.79. The Balaban J connectivity index is 2.15. The summed E-state index contributed by atoms with van der Waals surface area (Å²) in [5, 5.41) is 0. The Bertz CT molecular complexity index is 333. The SMILES string of the molecule is CC[C@@H]1CN(C)CC[C@H]1c1ccc(F)cc1. The summed E-state index contributed by atoms with van der Waals surface area (Å²) in [4.78, 5) is 2.40. The highest BCUT2D eigenvalue weighted by molar-refractivity contribution is 5.22. The maximum absolute atomic E-state index is 12.9. The van der Waals surface area contributed by atoms with Crippen LogP contribution in [0.2, 0.25) is 0 Å². The highest BCUT2D eigenvalue weighted by atomic mass is 19.1. The van der Waals surface area contributed by atoms with Gasteiger partial charge in [-0.3, -0.25) is 0 Å². The molecule has 1 aromatic carbocycles. The third-order valence-corrected chi connectivity index (χ3v) is 3.76. The molecule has 0 aliphatic carbocycles. The van der Waals surface area contributed by atoms with Gasteiger partial charge in [0.25, 0.3) is 0 Å². The molecule has 1 nitrogen and oxygen atoms in total. The number of halogens is 1. The molecule has 0 aromatic heterocycles. The van der Waals surface area contributed by atoms with E-state index in [1.807, 2.05) is 12.1 Å². The summed E-state index contributed by atoms with van der Waals surface area (Å²) >= 11 is 0. The molecule has 0 amide bonds. The molecule has 88 valence electrons. The van der Waals surface area contributed by atoms with Crippen molar-refractivity contribution in [1.29, 1.82) is 0 Å². The van der Waals surface area contributed by atoms with E-state index in [0.717, 1.165) is 6.54 Å². The zero-order valence-electron chi connectivity index (χ0n) is 10.1. The molecule has 2 heteroatoms. The first kappa shape index (κ1) is 11.6. The fourth-order valence-electron chi connectivity index (χ4n) is 2.78. The van der Waals surface area contributed by atoms with Crippen LogP contribution in [0.25, 0.3) is 0 Å². The summed E-state index contributed by atoms with van der Waals surface area (Å²) in [6.07, 6.45) is 2.40. The van der Waals surface area contributed by atoms with E-state index in [0.29, 0.717) is 11.8 Å². The molecule has 1 heterocycles. The molecule has 0 spiro atoms. The van der Waals surface area contributed by atoms with Crippen LogP contribution in [0.15, 0.2) is 24.3 Å². The minimum absolute atomic E-state index is 0.135. The van der Waals surface area contributed by atoms with Crippen molar-refractivity contribution >= 4 is 0 Å². The Morgan fingerprint density at radius 1 is 1.31 bits per heavy atom. The van der Waals surface area contributed by atoms with Gasteiger partial charge >= 0.3 is 0 Å². The summed E-state index contributed by atoms with van der Waals surface area (Å²) in [7, 11) is 2.18. The normalized spacial score (nSPS) is 26.9. The van der Waals surface area contributed by atoms with E-state index >= 15 is 0 Å². The summed E-state index contributed by atoms with van der Waals surface area (Å²) in [6.45, 7) is 4.57. The third kappa shape index (κ3) is 2.43. The zero-order chi connectivity index (χ0) is 11.5. The molecule has 0 saturated carbocycles. The topological polar surface area (TPSA) is 3.24 Å². The molecule has 0 radical (unpaired) electrons. The van der Waals surface area contributed by atoms with Gasteiger partial charge in [0.1, 0.15) is 5.82 Å². The van der Waals surface area contributed by atoms with Gasteiger partial charge in [0.15, 0.2) is 0 Å². The van der Waals surface area contributed by atoms with Crippen LogP contribution in [0.1, 0.15) is 31.2 Å². The lowest BCUT2D eigenvalue weighted by molar-refractivity contribution is 0.180. The van der Waals surface area contributed by atoms with E-state index in [9.17, 15) is 4.39 Å². The standard InChI is InChI=1S/C14H20FN/c1-3-11-10-16(2)9-8-14(11)12-4-6-13(15)7-5-12/h4-7,11,14H,3,8-10H2,1-2H3/t11-,14-/m1/s1. The molecule has 2 rings (SSSR count). The largest absolute Gasteiger partial charge is 0.306 e. The van der Waals surface area contributed by atoms with Crippen LogP contribution in [0, 0.1) is 11.7 Å². The van der Waals surface area contributed by atoms with Gasteiger partial charge < -0.3 is 4.90 Å². The first-order valence-corrected chi connectivity index (χ1v) is 6.14. The van der Waals surface area contributed by atoms with Crippen LogP contribution in [0.5, 0.6) is 0 Å². The van der Waals surface area contributed by atoms with Crippen molar-refractivity contribution in [2.75, 3.05) is 20.1 Å².